The number of carbonyl (C=O) groups is 1. The SMILES string of the molecule is O=C(Nc1cccc(S(=O)(=O)N2CCCCCC2)c1)c1cnc(-c2ccccc2)nc1. The number of aromatic nitrogens is 2. The number of carbonyl (C=O) groups excluding carboxylic acids is 1. The molecule has 4 rings (SSSR count). The van der Waals surface area contributed by atoms with Crippen LogP contribution in [0.3, 0.4) is 0 Å². The highest BCUT2D eigenvalue weighted by molar-refractivity contribution is 7.89. The molecule has 2 aromatic carbocycles. The summed E-state index contributed by atoms with van der Waals surface area (Å²) in [5.41, 5.74) is 1.56. The van der Waals surface area contributed by atoms with Gasteiger partial charge >= 0.3 is 0 Å². The van der Waals surface area contributed by atoms with E-state index in [0.29, 0.717) is 30.2 Å². The van der Waals surface area contributed by atoms with Crippen molar-refractivity contribution < 1.29 is 13.2 Å². The minimum absolute atomic E-state index is 0.183. The molecule has 0 saturated carbocycles. The number of rotatable bonds is 5. The summed E-state index contributed by atoms with van der Waals surface area (Å²) < 4.78 is 27.6. The lowest BCUT2D eigenvalue weighted by Crippen LogP contribution is -2.32. The van der Waals surface area contributed by atoms with E-state index in [1.807, 2.05) is 30.3 Å². The van der Waals surface area contributed by atoms with Crippen LogP contribution in [0.5, 0.6) is 0 Å². The highest BCUT2D eigenvalue weighted by atomic mass is 32.2. The number of hydrogen-bond donors (Lipinski definition) is 1. The van der Waals surface area contributed by atoms with E-state index < -0.39 is 15.9 Å². The van der Waals surface area contributed by atoms with Gasteiger partial charge in [0.05, 0.1) is 10.5 Å². The topological polar surface area (TPSA) is 92.3 Å². The summed E-state index contributed by atoms with van der Waals surface area (Å²) in [5.74, 6) is 0.131. The second kappa shape index (κ2) is 9.36. The lowest BCUT2D eigenvalue weighted by molar-refractivity contribution is 0.102. The molecular formula is C23H24N4O3S. The first-order chi connectivity index (χ1) is 15.0. The van der Waals surface area contributed by atoms with Crippen LogP contribution in [-0.2, 0) is 10.0 Å². The molecule has 1 aliphatic rings. The van der Waals surface area contributed by atoms with Gasteiger partial charge in [-0.15, -0.1) is 0 Å². The van der Waals surface area contributed by atoms with Crippen LogP contribution >= 0.6 is 0 Å². The summed E-state index contributed by atoms with van der Waals surface area (Å²) in [6, 6.07) is 15.8. The fourth-order valence-electron chi connectivity index (χ4n) is 3.55. The van der Waals surface area contributed by atoms with Crippen LogP contribution in [0.15, 0.2) is 71.9 Å². The van der Waals surface area contributed by atoms with Crippen LogP contribution in [-0.4, -0.2) is 41.7 Å². The third-order valence-electron chi connectivity index (χ3n) is 5.24. The average Bonchev–Trinajstić information content (AvgIpc) is 3.10. The summed E-state index contributed by atoms with van der Waals surface area (Å²) in [5, 5.41) is 2.74. The molecule has 1 aromatic heterocycles. The summed E-state index contributed by atoms with van der Waals surface area (Å²) in [6.45, 7) is 1.06. The first-order valence-corrected chi connectivity index (χ1v) is 11.8. The number of benzene rings is 2. The molecule has 0 radical (unpaired) electrons. The van der Waals surface area contributed by atoms with E-state index in [1.54, 1.807) is 18.2 Å². The maximum Gasteiger partial charge on any atom is 0.258 e. The standard InChI is InChI=1S/C23H24N4O3S/c28-23(19-16-24-22(25-17-19)18-9-4-3-5-10-18)26-20-11-8-12-21(15-20)31(29,30)27-13-6-1-2-7-14-27/h3-5,8-12,15-17H,1-2,6-7,13-14H2,(H,26,28). The van der Waals surface area contributed by atoms with Gasteiger partial charge in [-0.1, -0.05) is 49.2 Å². The van der Waals surface area contributed by atoms with Crippen molar-refractivity contribution in [3.8, 4) is 11.4 Å². The van der Waals surface area contributed by atoms with Crippen molar-refractivity contribution in [2.75, 3.05) is 18.4 Å². The highest BCUT2D eigenvalue weighted by Gasteiger charge is 2.25. The molecule has 1 aliphatic heterocycles. The van der Waals surface area contributed by atoms with Gasteiger partial charge in [0, 0.05) is 36.7 Å². The Kier molecular flexibility index (Phi) is 6.39. The molecule has 8 heteroatoms. The highest BCUT2D eigenvalue weighted by Crippen LogP contribution is 2.23. The normalized spacial score (nSPS) is 15.2. The molecule has 1 fully saturated rings. The van der Waals surface area contributed by atoms with Gasteiger partial charge in [-0.2, -0.15) is 4.31 Å². The van der Waals surface area contributed by atoms with Crippen molar-refractivity contribution in [1.29, 1.82) is 0 Å². The zero-order valence-corrected chi connectivity index (χ0v) is 17.9. The average molecular weight is 437 g/mol. The van der Waals surface area contributed by atoms with Gasteiger partial charge in [-0.3, -0.25) is 4.79 Å². The van der Waals surface area contributed by atoms with E-state index in [9.17, 15) is 13.2 Å². The molecule has 0 atom stereocenters. The number of sulfonamides is 1. The van der Waals surface area contributed by atoms with Gasteiger partial charge in [0.15, 0.2) is 5.82 Å². The molecular weight excluding hydrogens is 412 g/mol. The molecule has 2 heterocycles. The van der Waals surface area contributed by atoms with Gasteiger partial charge < -0.3 is 5.32 Å². The van der Waals surface area contributed by atoms with Gasteiger partial charge in [0.25, 0.3) is 5.91 Å². The maximum absolute atomic E-state index is 13.0. The first kappa shape index (κ1) is 21.1. The van der Waals surface area contributed by atoms with Gasteiger partial charge in [-0.05, 0) is 31.0 Å². The Labute approximate surface area is 182 Å². The van der Waals surface area contributed by atoms with E-state index in [4.69, 9.17) is 0 Å². The molecule has 1 amide bonds. The van der Waals surface area contributed by atoms with Crippen LogP contribution in [0.2, 0.25) is 0 Å². The molecule has 1 saturated heterocycles. The third kappa shape index (κ3) is 4.98. The second-order valence-electron chi connectivity index (χ2n) is 7.46. The molecule has 0 aliphatic carbocycles. The zero-order chi connectivity index (χ0) is 21.7. The number of hydrogen-bond acceptors (Lipinski definition) is 5. The fraction of sp³-hybridized carbons (Fsp3) is 0.261. The number of amides is 1. The van der Waals surface area contributed by atoms with Crippen molar-refractivity contribution in [3.05, 3.63) is 72.6 Å². The smallest absolute Gasteiger partial charge is 0.258 e. The minimum Gasteiger partial charge on any atom is -0.322 e. The summed E-state index contributed by atoms with van der Waals surface area (Å²) >= 11 is 0. The minimum atomic E-state index is -3.59. The Hall–Kier alpha value is -3.10. The van der Waals surface area contributed by atoms with Crippen LogP contribution in [0.4, 0.5) is 5.69 Å². The maximum atomic E-state index is 13.0. The molecule has 0 bridgehead atoms. The van der Waals surface area contributed by atoms with E-state index in [1.165, 1.54) is 22.8 Å². The second-order valence-corrected chi connectivity index (χ2v) is 9.40. The molecule has 160 valence electrons. The predicted molar refractivity (Wildman–Crippen MR) is 119 cm³/mol. The van der Waals surface area contributed by atoms with Crippen LogP contribution in [0.25, 0.3) is 11.4 Å². The molecule has 3 aromatic rings. The van der Waals surface area contributed by atoms with E-state index >= 15 is 0 Å². The van der Waals surface area contributed by atoms with Gasteiger partial charge in [0.1, 0.15) is 0 Å². The lowest BCUT2D eigenvalue weighted by Gasteiger charge is -2.20. The summed E-state index contributed by atoms with van der Waals surface area (Å²) in [4.78, 5) is 21.3. The van der Waals surface area contributed by atoms with E-state index in [0.717, 1.165) is 31.2 Å². The Morgan fingerprint density at radius 2 is 1.55 bits per heavy atom. The third-order valence-corrected chi connectivity index (χ3v) is 7.14. The Morgan fingerprint density at radius 1 is 0.871 bits per heavy atom. The number of anilines is 1. The van der Waals surface area contributed by atoms with Crippen molar-refractivity contribution in [1.82, 2.24) is 14.3 Å². The lowest BCUT2D eigenvalue weighted by atomic mass is 10.2. The summed E-state index contributed by atoms with van der Waals surface area (Å²) in [6.07, 6.45) is 6.76. The van der Waals surface area contributed by atoms with Gasteiger partial charge in [0.2, 0.25) is 10.0 Å². The first-order valence-electron chi connectivity index (χ1n) is 10.3. The Balaban J connectivity index is 1.49. The van der Waals surface area contributed by atoms with Crippen LogP contribution in [0, 0.1) is 0 Å². The van der Waals surface area contributed by atoms with Crippen LogP contribution < -0.4 is 5.32 Å². The molecule has 1 N–H and O–H groups in total. The Morgan fingerprint density at radius 3 is 2.23 bits per heavy atom. The molecule has 7 nitrogen and oxygen atoms in total. The summed E-state index contributed by atoms with van der Waals surface area (Å²) in [7, 11) is -3.59. The fourth-order valence-corrected chi connectivity index (χ4v) is 5.11. The number of nitrogens with one attached hydrogen (secondary N) is 1. The van der Waals surface area contributed by atoms with Gasteiger partial charge in [-0.25, -0.2) is 18.4 Å². The zero-order valence-electron chi connectivity index (χ0n) is 17.1. The van der Waals surface area contributed by atoms with Crippen LogP contribution in [0.1, 0.15) is 36.0 Å². The number of nitrogens with zero attached hydrogens (tertiary/aromatic N) is 3. The quantitative estimate of drug-likeness (QED) is 0.654. The van der Waals surface area contributed by atoms with Crippen molar-refractivity contribution >= 4 is 21.6 Å². The largest absolute Gasteiger partial charge is 0.322 e. The molecule has 31 heavy (non-hydrogen) atoms. The van der Waals surface area contributed by atoms with E-state index in [2.05, 4.69) is 15.3 Å². The van der Waals surface area contributed by atoms with Crippen molar-refractivity contribution in [3.63, 3.8) is 0 Å². The molecule has 0 spiro atoms. The van der Waals surface area contributed by atoms with E-state index in [-0.39, 0.29) is 4.90 Å². The van der Waals surface area contributed by atoms with Crippen molar-refractivity contribution in [2.24, 2.45) is 0 Å². The van der Waals surface area contributed by atoms with Crippen molar-refractivity contribution in [2.45, 2.75) is 30.6 Å². The predicted octanol–water partition coefficient (Wildman–Crippen LogP) is 3.96. The molecule has 0 unspecified atom stereocenters. The monoisotopic (exact) mass is 436 g/mol. The Bertz CT molecular complexity index is 1140.